The zero-order chi connectivity index (χ0) is 13.9. The van der Waals surface area contributed by atoms with Crippen molar-refractivity contribution in [2.75, 3.05) is 26.2 Å². The van der Waals surface area contributed by atoms with Crippen molar-refractivity contribution >= 4 is 23.2 Å². The molecule has 1 aliphatic heterocycles. The first-order valence-corrected chi connectivity index (χ1v) is 7.24. The third-order valence-corrected chi connectivity index (χ3v) is 4.02. The van der Waals surface area contributed by atoms with Gasteiger partial charge >= 0.3 is 0 Å². The molecule has 0 spiro atoms. The summed E-state index contributed by atoms with van der Waals surface area (Å²) in [6, 6.07) is 5.23. The molecule has 1 aromatic carbocycles. The Hall–Kier alpha value is -0.480. The Bertz CT molecular complexity index is 427. The van der Waals surface area contributed by atoms with Gasteiger partial charge in [0.2, 0.25) is 0 Å². The first-order valence-electron chi connectivity index (χ1n) is 6.49. The van der Waals surface area contributed by atoms with Crippen LogP contribution in [0, 0.1) is 0 Å². The van der Waals surface area contributed by atoms with Gasteiger partial charge in [-0.2, -0.15) is 0 Å². The number of rotatable bonds is 4. The summed E-state index contributed by atoms with van der Waals surface area (Å²) in [7, 11) is 0. The SMILES string of the molecule is CC1(O)CCN(CCOc2ccc(Cl)cc2Cl)CC1. The third kappa shape index (κ3) is 4.53. The molecule has 0 aromatic heterocycles. The lowest BCUT2D eigenvalue weighted by molar-refractivity contribution is -0.00767. The molecule has 2 rings (SSSR count). The zero-order valence-electron chi connectivity index (χ0n) is 11.0. The van der Waals surface area contributed by atoms with E-state index in [9.17, 15) is 5.11 Å². The van der Waals surface area contributed by atoms with E-state index in [0.29, 0.717) is 22.4 Å². The topological polar surface area (TPSA) is 32.7 Å². The van der Waals surface area contributed by atoms with Crippen LogP contribution in [-0.4, -0.2) is 41.8 Å². The number of piperidine rings is 1. The molecular weight excluding hydrogens is 285 g/mol. The number of likely N-dealkylation sites (tertiary alicyclic amines) is 1. The van der Waals surface area contributed by atoms with Gasteiger partial charge in [-0.25, -0.2) is 0 Å². The van der Waals surface area contributed by atoms with E-state index in [1.54, 1.807) is 18.2 Å². The molecule has 5 heteroatoms. The van der Waals surface area contributed by atoms with E-state index >= 15 is 0 Å². The second-order valence-corrected chi connectivity index (χ2v) is 6.11. The Morgan fingerprint density at radius 2 is 2.00 bits per heavy atom. The average molecular weight is 304 g/mol. The minimum Gasteiger partial charge on any atom is -0.491 e. The van der Waals surface area contributed by atoms with Crippen LogP contribution in [0.3, 0.4) is 0 Å². The summed E-state index contributed by atoms with van der Waals surface area (Å²) >= 11 is 11.9. The Morgan fingerprint density at radius 1 is 1.32 bits per heavy atom. The molecule has 0 atom stereocenters. The smallest absolute Gasteiger partial charge is 0.138 e. The van der Waals surface area contributed by atoms with E-state index in [-0.39, 0.29) is 0 Å². The highest BCUT2D eigenvalue weighted by atomic mass is 35.5. The van der Waals surface area contributed by atoms with Crippen molar-refractivity contribution in [3.63, 3.8) is 0 Å². The van der Waals surface area contributed by atoms with E-state index in [2.05, 4.69) is 4.90 Å². The molecule has 0 saturated carbocycles. The van der Waals surface area contributed by atoms with Crippen LogP contribution in [0.15, 0.2) is 18.2 Å². The summed E-state index contributed by atoms with van der Waals surface area (Å²) in [5.74, 6) is 0.662. The molecule has 0 bridgehead atoms. The molecular formula is C14H19Cl2NO2. The molecule has 19 heavy (non-hydrogen) atoms. The normalized spacial score (nSPS) is 19.4. The van der Waals surface area contributed by atoms with Gasteiger partial charge in [0, 0.05) is 24.7 Å². The molecule has 1 saturated heterocycles. The van der Waals surface area contributed by atoms with Crippen LogP contribution in [0.4, 0.5) is 0 Å². The Balaban J connectivity index is 1.75. The third-order valence-electron chi connectivity index (χ3n) is 3.49. The fourth-order valence-corrected chi connectivity index (χ4v) is 2.60. The van der Waals surface area contributed by atoms with E-state index in [1.165, 1.54) is 0 Å². The summed E-state index contributed by atoms with van der Waals surface area (Å²) in [4.78, 5) is 2.29. The fourth-order valence-electron chi connectivity index (χ4n) is 2.14. The summed E-state index contributed by atoms with van der Waals surface area (Å²) in [5, 5.41) is 11.0. The predicted molar refractivity (Wildman–Crippen MR) is 78.3 cm³/mol. The minimum absolute atomic E-state index is 0.503. The molecule has 0 radical (unpaired) electrons. The van der Waals surface area contributed by atoms with Gasteiger partial charge in [-0.1, -0.05) is 23.2 Å². The van der Waals surface area contributed by atoms with Crippen molar-refractivity contribution in [1.29, 1.82) is 0 Å². The monoisotopic (exact) mass is 303 g/mol. The Morgan fingerprint density at radius 3 is 2.63 bits per heavy atom. The molecule has 106 valence electrons. The fraction of sp³-hybridized carbons (Fsp3) is 0.571. The van der Waals surface area contributed by atoms with Gasteiger partial charge in [0.05, 0.1) is 10.6 Å². The van der Waals surface area contributed by atoms with Crippen LogP contribution in [-0.2, 0) is 0 Å². The van der Waals surface area contributed by atoms with Crippen LogP contribution in [0.2, 0.25) is 10.0 Å². The molecule has 1 aliphatic rings. The number of aliphatic hydroxyl groups is 1. The largest absolute Gasteiger partial charge is 0.491 e. The van der Waals surface area contributed by atoms with Crippen molar-refractivity contribution in [2.45, 2.75) is 25.4 Å². The van der Waals surface area contributed by atoms with Crippen molar-refractivity contribution in [2.24, 2.45) is 0 Å². The van der Waals surface area contributed by atoms with E-state index < -0.39 is 5.60 Å². The number of hydrogen-bond acceptors (Lipinski definition) is 3. The maximum absolute atomic E-state index is 9.87. The van der Waals surface area contributed by atoms with Crippen molar-refractivity contribution in [3.8, 4) is 5.75 Å². The summed E-state index contributed by atoms with van der Waals surface area (Å²) < 4.78 is 5.65. The first kappa shape index (κ1) is 14.9. The van der Waals surface area contributed by atoms with Gasteiger partial charge < -0.3 is 9.84 Å². The highest BCUT2D eigenvalue weighted by molar-refractivity contribution is 6.35. The van der Waals surface area contributed by atoms with Crippen molar-refractivity contribution in [3.05, 3.63) is 28.2 Å². The minimum atomic E-state index is -0.503. The number of hydrogen-bond donors (Lipinski definition) is 1. The highest BCUT2D eigenvalue weighted by Crippen LogP contribution is 2.27. The molecule has 1 heterocycles. The summed E-state index contributed by atoms with van der Waals surface area (Å²) in [6.45, 7) is 5.14. The van der Waals surface area contributed by atoms with Gasteiger partial charge in [0.25, 0.3) is 0 Å². The van der Waals surface area contributed by atoms with Crippen molar-refractivity contribution < 1.29 is 9.84 Å². The lowest BCUT2D eigenvalue weighted by atomic mass is 9.94. The van der Waals surface area contributed by atoms with Crippen LogP contribution < -0.4 is 4.74 Å². The number of nitrogens with zero attached hydrogens (tertiary/aromatic N) is 1. The summed E-state index contributed by atoms with van der Waals surface area (Å²) in [5.41, 5.74) is -0.503. The van der Waals surface area contributed by atoms with Gasteiger partial charge in [-0.05, 0) is 38.0 Å². The van der Waals surface area contributed by atoms with Crippen molar-refractivity contribution in [1.82, 2.24) is 4.90 Å². The highest BCUT2D eigenvalue weighted by Gasteiger charge is 2.26. The van der Waals surface area contributed by atoms with Gasteiger partial charge in [-0.15, -0.1) is 0 Å². The molecule has 1 fully saturated rings. The van der Waals surface area contributed by atoms with E-state index in [1.807, 2.05) is 6.92 Å². The van der Waals surface area contributed by atoms with Crippen LogP contribution in [0.25, 0.3) is 0 Å². The Kier molecular flexibility index (Phi) is 4.96. The number of halogens is 2. The number of benzene rings is 1. The maximum atomic E-state index is 9.87. The lowest BCUT2D eigenvalue weighted by Crippen LogP contribution is -2.43. The predicted octanol–water partition coefficient (Wildman–Crippen LogP) is 3.22. The maximum Gasteiger partial charge on any atom is 0.138 e. The molecule has 0 amide bonds. The van der Waals surface area contributed by atoms with Gasteiger partial charge in [-0.3, -0.25) is 4.90 Å². The average Bonchev–Trinajstić information content (AvgIpc) is 2.34. The van der Waals surface area contributed by atoms with Crippen LogP contribution in [0.1, 0.15) is 19.8 Å². The standard InChI is InChI=1S/C14H19Cl2NO2/c1-14(18)4-6-17(7-5-14)8-9-19-13-3-2-11(15)10-12(13)16/h2-3,10,18H,4-9H2,1H3. The van der Waals surface area contributed by atoms with E-state index in [0.717, 1.165) is 32.5 Å². The van der Waals surface area contributed by atoms with Gasteiger partial charge in [0.15, 0.2) is 0 Å². The second kappa shape index (κ2) is 6.31. The molecule has 0 unspecified atom stereocenters. The lowest BCUT2D eigenvalue weighted by Gasteiger charge is -2.35. The Labute approximate surface area is 124 Å². The van der Waals surface area contributed by atoms with Crippen LogP contribution >= 0.6 is 23.2 Å². The van der Waals surface area contributed by atoms with Gasteiger partial charge in [0.1, 0.15) is 12.4 Å². The second-order valence-electron chi connectivity index (χ2n) is 5.26. The first-order chi connectivity index (χ1) is 8.96. The quantitative estimate of drug-likeness (QED) is 0.927. The molecule has 3 nitrogen and oxygen atoms in total. The zero-order valence-corrected chi connectivity index (χ0v) is 12.5. The molecule has 1 N–H and O–H groups in total. The van der Waals surface area contributed by atoms with Crippen LogP contribution in [0.5, 0.6) is 5.75 Å². The summed E-state index contributed by atoms with van der Waals surface area (Å²) in [6.07, 6.45) is 1.63. The molecule has 1 aromatic rings. The van der Waals surface area contributed by atoms with E-state index in [4.69, 9.17) is 27.9 Å². The molecule has 0 aliphatic carbocycles. The number of ether oxygens (including phenoxy) is 1.